The Hall–Kier alpha value is -1.95. The van der Waals surface area contributed by atoms with Crippen LogP contribution in [0.15, 0.2) is 18.2 Å². The molecule has 0 bridgehead atoms. The van der Waals surface area contributed by atoms with Gasteiger partial charge in [-0.15, -0.1) is 0 Å². The van der Waals surface area contributed by atoms with Gasteiger partial charge in [-0.1, -0.05) is 0 Å². The van der Waals surface area contributed by atoms with E-state index in [0.717, 1.165) is 5.69 Å². The van der Waals surface area contributed by atoms with Gasteiger partial charge in [0.25, 0.3) is 5.69 Å². The van der Waals surface area contributed by atoms with Crippen LogP contribution in [0.3, 0.4) is 0 Å². The molecule has 6 heteroatoms. The Morgan fingerprint density at radius 3 is 2.67 bits per heavy atom. The largest absolute Gasteiger partial charge is 0.369 e. The van der Waals surface area contributed by atoms with Crippen LogP contribution in [0, 0.1) is 10.1 Å². The van der Waals surface area contributed by atoms with Gasteiger partial charge in [0.05, 0.1) is 22.2 Å². The van der Waals surface area contributed by atoms with Crippen molar-refractivity contribution in [3.05, 3.63) is 33.9 Å². The monoisotopic (exact) mass is 292 g/mol. The maximum Gasteiger partial charge on any atom is 0.280 e. The molecule has 0 radical (unpaired) electrons. The van der Waals surface area contributed by atoms with Crippen molar-refractivity contribution in [3.8, 4) is 0 Å². The molecular weight excluding hydrogens is 272 g/mol. The minimum atomic E-state index is -0.521. The molecule has 1 aliphatic rings. The number of hydrogen-bond donors (Lipinski definition) is 0. The first-order valence-electron chi connectivity index (χ1n) is 6.92. The van der Waals surface area contributed by atoms with Crippen LogP contribution in [0.4, 0.5) is 11.4 Å². The lowest BCUT2D eigenvalue weighted by Crippen LogP contribution is -2.52. The molecule has 0 aromatic heterocycles. The fourth-order valence-corrected chi connectivity index (χ4v) is 2.81. The highest BCUT2D eigenvalue weighted by atomic mass is 16.6. The molecule has 0 amide bonds. The smallest absolute Gasteiger partial charge is 0.280 e. The number of ketones is 1. The van der Waals surface area contributed by atoms with Gasteiger partial charge in [-0.2, -0.15) is 0 Å². The van der Waals surface area contributed by atoms with E-state index >= 15 is 0 Å². The molecule has 0 aliphatic carbocycles. The topological polar surface area (TPSA) is 72.7 Å². The Morgan fingerprint density at radius 2 is 2.14 bits per heavy atom. The number of carbonyl (C=O) groups excluding carboxylic acids is 1. The molecule has 6 nitrogen and oxygen atoms in total. The number of carbonyl (C=O) groups is 1. The van der Waals surface area contributed by atoms with Crippen molar-refractivity contribution in [3.63, 3.8) is 0 Å². The van der Waals surface area contributed by atoms with Crippen molar-refractivity contribution in [1.82, 2.24) is 0 Å². The molecule has 114 valence electrons. The summed E-state index contributed by atoms with van der Waals surface area (Å²) in [6, 6.07) is 4.70. The summed E-state index contributed by atoms with van der Waals surface area (Å²) in [5.74, 6) is -0.302. The number of anilines is 1. The van der Waals surface area contributed by atoms with E-state index in [1.54, 1.807) is 12.1 Å². The van der Waals surface area contributed by atoms with Crippen LogP contribution >= 0.6 is 0 Å². The molecule has 0 saturated carbocycles. The van der Waals surface area contributed by atoms with Crippen molar-refractivity contribution >= 4 is 17.2 Å². The predicted molar refractivity (Wildman–Crippen MR) is 79.9 cm³/mol. The van der Waals surface area contributed by atoms with Crippen LogP contribution in [0.5, 0.6) is 0 Å². The fraction of sp³-hybridized carbons (Fsp3) is 0.533. The molecule has 1 heterocycles. The Labute approximate surface area is 123 Å². The number of nitro benzene ring substituents is 1. The predicted octanol–water partition coefficient (Wildman–Crippen LogP) is 2.80. The lowest BCUT2D eigenvalue weighted by atomic mass is 10.0. The van der Waals surface area contributed by atoms with E-state index in [9.17, 15) is 14.9 Å². The third-order valence-electron chi connectivity index (χ3n) is 3.49. The number of morpholine rings is 1. The number of hydrogen-bond acceptors (Lipinski definition) is 5. The molecule has 1 fully saturated rings. The number of nitrogens with zero attached hydrogens (tertiary/aromatic N) is 2. The van der Waals surface area contributed by atoms with Crippen LogP contribution in [0.25, 0.3) is 0 Å². The minimum absolute atomic E-state index is 0.0599. The summed E-state index contributed by atoms with van der Waals surface area (Å²) in [5.41, 5.74) is 0.519. The van der Waals surface area contributed by atoms with Crippen molar-refractivity contribution in [1.29, 1.82) is 0 Å². The van der Waals surface area contributed by atoms with E-state index in [1.807, 2.05) is 20.8 Å². The molecular formula is C15H20N2O4. The third kappa shape index (κ3) is 3.39. The first-order valence-corrected chi connectivity index (χ1v) is 6.92. The summed E-state index contributed by atoms with van der Waals surface area (Å²) in [6.45, 7) is 8.72. The van der Waals surface area contributed by atoms with Crippen LogP contribution in [-0.2, 0) is 4.74 Å². The maximum absolute atomic E-state index is 11.6. The van der Waals surface area contributed by atoms with Crippen molar-refractivity contribution in [2.45, 2.75) is 39.4 Å². The normalized spacial score (nSPS) is 21.1. The molecule has 1 saturated heterocycles. The van der Waals surface area contributed by atoms with Gasteiger partial charge >= 0.3 is 0 Å². The zero-order valence-corrected chi connectivity index (χ0v) is 12.8. The van der Waals surface area contributed by atoms with Crippen LogP contribution < -0.4 is 4.90 Å². The Morgan fingerprint density at radius 1 is 1.48 bits per heavy atom. The van der Waals surface area contributed by atoms with Gasteiger partial charge in [-0.3, -0.25) is 14.9 Å². The van der Waals surface area contributed by atoms with E-state index in [0.29, 0.717) is 13.1 Å². The Balaban J connectivity index is 2.38. The summed E-state index contributed by atoms with van der Waals surface area (Å²) in [7, 11) is 0. The third-order valence-corrected chi connectivity index (χ3v) is 3.49. The van der Waals surface area contributed by atoms with Gasteiger partial charge in [0.2, 0.25) is 0 Å². The molecule has 1 aliphatic heterocycles. The average molecular weight is 292 g/mol. The van der Waals surface area contributed by atoms with Gasteiger partial charge in [0.1, 0.15) is 0 Å². The first-order chi connectivity index (χ1) is 9.69. The average Bonchev–Trinajstić information content (AvgIpc) is 2.35. The van der Waals surface area contributed by atoms with Gasteiger partial charge in [0, 0.05) is 24.8 Å². The minimum Gasteiger partial charge on any atom is -0.369 e. The van der Waals surface area contributed by atoms with Crippen molar-refractivity contribution in [2.75, 3.05) is 18.0 Å². The van der Waals surface area contributed by atoms with Gasteiger partial charge in [-0.05, 0) is 39.8 Å². The molecule has 21 heavy (non-hydrogen) atoms. The lowest BCUT2D eigenvalue weighted by Gasteiger charge is -2.43. The standard InChI is InChI=1S/C15H20N2O4/c1-10-8-16(9-15(3,4)21-10)12-5-6-14(17(19)20)13(7-12)11(2)18/h5-7,10H,8-9H2,1-4H3. The van der Waals surface area contributed by atoms with E-state index in [2.05, 4.69) is 4.90 Å². The second kappa shape index (κ2) is 5.44. The summed E-state index contributed by atoms with van der Waals surface area (Å²) >= 11 is 0. The SMILES string of the molecule is CC(=O)c1cc(N2CC(C)OC(C)(C)C2)ccc1[N+](=O)[O-]. The Bertz CT molecular complexity index is 583. The van der Waals surface area contributed by atoms with E-state index in [-0.39, 0.29) is 28.7 Å². The molecule has 0 N–H and O–H groups in total. The van der Waals surface area contributed by atoms with Crippen molar-refractivity contribution in [2.24, 2.45) is 0 Å². The highest BCUT2D eigenvalue weighted by Crippen LogP contribution is 2.30. The van der Waals surface area contributed by atoms with Gasteiger partial charge < -0.3 is 9.64 Å². The number of ether oxygens (including phenoxy) is 1. The van der Waals surface area contributed by atoms with E-state index in [1.165, 1.54) is 13.0 Å². The summed E-state index contributed by atoms with van der Waals surface area (Å²) in [5, 5.41) is 11.0. The Kier molecular flexibility index (Phi) is 4.00. The quantitative estimate of drug-likeness (QED) is 0.486. The summed E-state index contributed by atoms with van der Waals surface area (Å²) < 4.78 is 5.85. The molecule has 1 atom stereocenters. The fourth-order valence-electron chi connectivity index (χ4n) is 2.81. The molecule has 2 rings (SSSR count). The van der Waals surface area contributed by atoms with E-state index < -0.39 is 4.92 Å². The van der Waals surface area contributed by atoms with Crippen molar-refractivity contribution < 1.29 is 14.5 Å². The lowest BCUT2D eigenvalue weighted by molar-refractivity contribution is -0.385. The highest BCUT2D eigenvalue weighted by Gasteiger charge is 2.32. The number of rotatable bonds is 3. The summed E-state index contributed by atoms with van der Waals surface area (Å²) in [4.78, 5) is 24.2. The molecule has 1 aromatic rings. The second-order valence-corrected chi connectivity index (χ2v) is 6.08. The van der Waals surface area contributed by atoms with Crippen LogP contribution in [0.2, 0.25) is 0 Å². The number of nitro groups is 1. The second-order valence-electron chi connectivity index (χ2n) is 6.08. The maximum atomic E-state index is 11.6. The molecule has 1 aromatic carbocycles. The number of Topliss-reactive ketones (excluding diaryl/α,β-unsaturated/α-hetero) is 1. The number of benzene rings is 1. The highest BCUT2D eigenvalue weighted by molar-refractivity contribution is 5.99. The van der Waals surface area contributed by atoms with Gasteiger partial charge in [0.15, 0.2) is 5.78 Å². The zero-order chi connectivity index (χ0) is 15.8. The molecule has 0 spiro atoms. The van der Waals surface area contributed by atoms with E-state index in [4.69, 9.17) is 4.74 Å². The first kappa shape index (κ1) is 15.4. The molecule has 1 unspecified atom stereocenters. The summed E-state index contributed by atoms with van der Waals surface area (Å²) in [6.07, 6.45) is 0.0599. The van der Waals surface area contributed by atoms with Gasteiger partial charge in [-0.25, -0.2) is 0 Å². The van der Waals surface area contributed by atoms with Crippen LogP contribution in [0.1, 0.15) is 38.1 Å². The zero-order valence-electron chi connectivity index (χ0n) is 12.8. The van der Waals surface area contributed by atoms with Crippen LogP contribution in [-0.4, -0.2) is 35.5 Å².